The van der Waals surface area contributed by atoms with E-state index < -0.39 is 0 Å². The molecule has 0 aliphatic heterocycles. The van der Waals surface area contributed by atoms with E-state index in [4.69, 9.17) is 17.3 Å². The average Bonchev–Trinajstić information content (AvgIpc) is 2.87. The normalized spacial score (nSPS) is 10.8. The molecule has 22 heavy (non-hydrogen) atoms. The van der Waals surface area contributed by atoms with Crippen molar-refractivity contribution in [2.45, 2.75) is 4.34 Å². The number of aromatic nitrogens is 2. The predicted molar refractivity (Wildman–Crippen MR) is 92.6 cm³/mol. The lowest BCUT2D eigenvalue weighted by Gasteiger charge is -2.03. The number of thiazole rings is 1. The molecule has 0 aliphatic rings. The van der Waals surface area contributed by atoms with Gasteiger partial charge in [-0.2, -0.15) is 0 Å². The Kier molecular flexibility index (Phi) is 4.47. The summed E-state index contributed by atoms with van der Waals surface area (Å²) in [6, 6.07) is 8.87. The molecule has 0 unspecified atom stereocenters. The molecule has 1 amide bonds. The molecule has 8 heteroatoms. The molecule has 0 fully saturated rings. The topological polar surface area (TPSA) is 80.9 Å². The highest BCUT2D eigenvalue weighted by atomic mass is 35.5. The SMILES string of the molecule is Nc1ccc2nc(SCC(=O)Nc3ccnc(Cl)c3)sc2c1. The molecule has 2 aromatic heterocycles. The number of nitrogens with zero attached hydrogens (tertiary/aromatic N) is 2. The molecular formula is C14H11ClN4OS2. The van der Waals surface area contributed by atoms with Gasteiger partial charge in [0.15, 0.2) is 4.34 Å². The van der Waals surface area contributed by atoms with Crippen molar-refractivity contribution >= 4 is 62.2 Å². The Labute approximate surface area is 139 Å². The number of thioether (sulfide) groups is 1. The van der Waals surface area contributed by atoms with Crippen molar-refractivity contribution in [1.29, 1.82) is 0 Å². The van der Waals surface area contributed by atoms with Gasteiger partial charge in [-0.15, -0.1) is 11.3 Å². The third-order valence-electron chi connectivity index (χ3n) is 2.73. The third-order valence-corrected chi connectivity index (χ3v) is 5.10. The van der Waals surface area contributed by atoms with Crippen LogP contribution in [0.15, 0.2) is 40.9 Å². The number of rotatable bonds is 4. The zero-order valence-electron chi connectivity index (χ0n) is 11.2. The highest BCUT2D eigenvalue weighted by molar-refractivity contribution is 8.01. The molecular weight excluding hydrogens is 340 g/mol. The molecule has 3 N–H and O–H groups in total. The Morgan fingerprint density at radius 2 is 2.23 bits per heavy atom. The first-order valence-corrected chi connectivity index (χ1v) is 8.48. The van der Waals surface area contributed by atoms with Crippen LogP contribution in [0.2, 0.25) is 5.15 Å². The van der Waals surface area contributed by atoms with E-state index in [1.54, 1.807) is 18.3 Å². The summed E-state index contributed by atoms with van der Waals surface area (Å²) >= 11 is 8.69. The molecule has 0 saturated carbocycles. The zero-order chi connectivity index (χ0) is 15.5. The first-order valence-electron chi connectivity index (χ1n) is 6.30. The number of halogens is 1. The maximum absolute atomic E-state index is 11.9. The van der Waals surface area contributed by atoms with E-state index in [0.29, 0.717) is 16.5 Å². The molecule has 0 bridgehead atoms. The van der Waals surface area contributed by atoms with Crippen molar-refractivity contribution in [3.05, 3.63) is 41.7 Å². The van der Waals surface area contributed by atoms with Gasteiger partial charge in [-0.1, -0.05) is 23.4 Å². The van der Waals surface area contributed by atoms with Crippen LogP contribution in [0, 0.1) is 0 Å². The molecule has 0 saturated heterocycles. The first-order chi connectivity index (χ1) is 10.6. The number of nitrogens with one attached hydrogen (secondary N) is 1. The molecule has 5 nitrogen and oxygen atoms in total. The van der Waals surface area contributed by atoms with Gasteiger partial charge >= 0.3 is 0 Å². The first kappa shape index (κ1) is 15.1. The van der Waals surface area contributed by atoms with Crippen LogP contribution in [0.1, 0.15) is 0 Å². The van der Waals surface area contributed by atoms with E-state index in [1.165, 1.54) is 23.1 Å². The zero-order valence-corrected chi connectivity index (χ0v) is 13.6. The Balaban J connectivity index is 1.62. The number of benzene rings is 1. The van der Waals surface area contributed by atoms with Crippen LogP contribution >= 0.6 is 34.7 Å². The van der Waals surface area contributed by atoms with Crippen molar-refractivity contribution in [1.82, 2.24) is 9.97 Å². The molecule has 0 atom stereocenters. The van der Waals surface area contributed by atoms with Gasteiger partial charge in [0.05, 0.1) is 16.0 Å². The number of carbonyl (C=O) groups excluding carboxylic acids is 1. The van der Waals surface area contributed by atoms with Crippen LogP contribution in [0.3, 0.4) is 0 Å². The van der Waals surface area contributed by atoms with E-state index in [9.17, 15) is 4.79 Å². The van der Waals surface area contributed by atoms with Crippen molar-refractivity contribution < 1.29 is 4.79 Å². The van der Waals surface area contributed by atoms with E-state index >= 15 is 0 Å². The Hall–Kier alpha value is -1.83. The molecule has 112 valence electrons. The van der Waals surface area contributed by atoms with Crippen molar-refractivity contribution in [3.63, 3.8) is 0 Å². The Morgan fingerprint density at radius 3 is 3.05 bits per heavy atom. The monoisotopic (exact) mass is 350 g/mol. The number of hydrogen-bond donors (Lipinski definition) is 2. The second-order valence-corrected chi connectivity index (χ2v) is 7.05. The summed E-state index contributed by atoms with van der Waals surface area (Å²) in [5.41, 5.74) is 7.97. The summed E-state index contributed by atoms with van der Waals surface area (Å²) in [6.07, 6.45) is 1.54. The Morgan fingerprint density at radius 1 is 1.36 bits per heavy atom. The third kappa shape index (κ3) is 3.68. The molecule has 0 aliphatic carbocycles. The quantitative estimate of drug-likeness (QED) is 0.426. The smallest absolute Gasteiger partial charge is 0.234 e. The van der Waals surface area contributed by atoms with Crippen LogP contribution in [0.4, 0.5) is 11.4 Å². The number of nitrogens with two attached hydrogens (primary N) is 1. The van der Waals surface area contributed by atoms with Crippen LogP contribution in [0.5, 0.6) is 0 Å². The van der Waals surface area contributed by atoms with Crippen molar-refractivity contribution in [3.8, 4) is 0 Å². The van der Waals surface area contributed by atoms with Gasteiger partial charge in [0.2, 0.25) is 5.91 Å². The summed E-state index contributed by atoms with van der Waals surface area (Å²) in [5.74, 6) is 0.154. The number of fused-ring (bicyclic) bond motifs is 1. The minimum Gasteiger partial charge on any atom is -0.399 e. The minimum atomic E-state index is -0.119. The largest absolute Gasteiger partial charge is 0.399 e. The molecule has 3 rings (SSSR count). The van der Waals surface area contributed by atoms with Crippen LogP contribution in [0.25, 0.3) is 10.2 Å². The summed E-state index contributed by atoms with van der Waals surface area (Å²) in [7, 11) is 0. The van der Waals surface area contributed by atoms with Gasteiger partial charge < -0.3 is 11.1 Å². The molecule has 0 spiro atoms. The maximum Gasteiger partial charge on any atom is 0.234 e. The molecule has 0 radical (unpaired) electrons. The van der Waals surface area contributed by atoms with Gasteiger partial charge in [-0.25, -0.2) is 9.97 Å². The lowest BCUT2D eigenvalue weighted by molar-refractivity contribution is -0.113. The number of anilines is 2. The number of pyridine rings is 1. The van der Waals surface area contributed by atoms with Gasteiger partial charge in [-0.3, -0.25) is 4.79 Å². The summed E-state index contributed by atoms with van der Waals surface area (Å²) in [4.78, 5) is 20.3. The van der Waals surface area contributed by atoms with E-state index in [-0.39, 0.29) is 11.7 Å². The van der Waals surface area contributed by atoms with E-state index in [0.717, 1.165) is 14.6 Å². The fraction of sp³-hybridized carbons (Fsp3) is 0.0714. The van der Waals surface area contributed by atoms with Crippen LogP contribution in [-0.4, -0.2) is 21.6 Å². The van der Waals surface area contributed by atoms with Gasteiger partial charge in [-0.05, 0) is 30.3 Å². The summed E-state index contributed by atoms with van der Waals surface area (Å²) in [6.45, 7) is 0. The molecule has 1 aromatic carbocycles. The Bertz CT molecular complexity index is 837. The summed E-state index contributed by atoms with van der Waals surface area (Å²) in [5, 5.41) is 3.11. The number of nitrogen functional groups attached to an aromatic ring is 1. The molecule has 3 aromatic rings. The second-order valence-electron chi connectivity index (χ2n) is 4.41. The van der Waals surface area contributed by atoms with E-state index in [2.05, 4.69) is 15.3 Å². The number of amides is 1. The second kappa shape index (κ2) is 6.51. The average molecular weight is 351 g/mol. The van der Waals surface area contributed by atoms with E-state index in [1.807, 2.05) is 18.2 Å². The predicted octanol–water partition coefficient (Wildman–Crippen LogP) is 3.66. The van der Waals surface area contributed by atoms with Gasteiger partial charge in [0.25, 0.3) is 0 Å². The summed E-state index contributed by atoms with van der Waals surface area (Å²) < 4.78 is 1.85. The van der Waals surface area contributed by atoms with Crippen LogP contribution in [-0.2, 0) is 4.79 Å². The minimum absolute atomic E-state index is 0.119. The number of carbonyl (C=O) groups is 1. The van der Waals surface area contributed by atoms with Crippen molar-refractivity contribution in [2.24, 2.45) is 0 Å². The highest BCUT2D eigenvalue weighted by Crippen LogP contribution is 2.30. The van der Waals surface area contributed by atoms with Crippen molar-refractivity contribution in [2.75, 3.05) is 16.8 Å². The maximum atomic E-state index is 11.9. The van der Waals surface area contributed by atoms with Gasteiger partial charge in [0.1, 0.15) is 5.15 Å². The van der Waals surface area contributed by atoms with Gasteiger partial charge in [0, 0.05) is 17.6 Å². The fourth-order valence-corrected chi connectivity index (χ4v) is 3.88. The molecule has 2 heterocycles. The lowest BCUT2D eigenvalue weighted by Crippen LogP contribution is -2.13. The highest BCUT2D eigenvalue weighted by Gasteiger charge is 2.08. The fourth-order valence-electron chi connectivity index (χ4n) is 1.79. The number of hydrogen-bond acceptors (Lipinski definition) is 6. The van der Waals surface area contributed by atoms with Crippen LogP contribution < -0.4 is 11.1 Å². The lowest BCUT2D eigenvalue weighted by atomic mass is 10.3. The standard InChI is InChI=1S/C14H11ClN4OS2/c15-12-6-9(3-4-17-12)18-13(20)7-21-14-19-10-2-1-8(16)5-11(10)22-14/h1-6H,7,16H2,(H,17,18,20).